The fraction of sp³-hybridized carbons (Fsp3) is 0.227. The Morgan fingerprint density at radius 1 is 0.903 bits per heavy atom. The smallest absolute Gasteiger partial charge is 0.235 e. The lowest BCUT2D eigenvalue weighted by atomic mass is 9.98. The molecule has 1 aromatic heterocycles. The number of carbonyl (C=O) groups is 2. The molecule has 0 aliphatic rings. The maximum atomic E-state index is 12.4. The summed E-state index contributed by atoms with van der Waals surface area (Å²) in [4.78, 5) is 23.6. The Labute approximate surface area is 179 Å². The second kappa shape index (κ2) is 10.3. The van der Waals surface area contributed by atoms with Gasteiger partial charge in [0.1, 0.15) is 17.2 Å². The topological polar surface area (TPSA) is 129 Å². The molecule has 1 heterocycles. The van der Waals surface area contributed by atoms with Gasteiger partial charge in [-0.2, -0.15) is 0 Å². The summed E-state index contributed by atoms with van der Waals surface area (Å²) in [6.45, 7) is -0.170. The summed E-state index contributed by atoms with van der Waals surface area (Å²) in [6, 6.07) is 14.8. The SMILES string of the molecule is COc1ccc(-c2noc(CC(=O)NCNC(=O)CN)c2-c2ccc(OC)cc2)cc1. The average Bonchev–Trinajstić information content (AvgIpc) is 3.22. The molecule has 0 saturated heterocycles. The first-order chi connectivity index (χ1) is 15.0. The highest BCUT2D eigenvalue weighted by Crippen LogP contribution is 2.36. The molecule has 0 saturated carbocycles. The molecular formula is C22H24N4O5. The molecule has 0 bridgehead atoms. The first-order valence-electron chi connectivity index (χ1n) is 9.56. The molecule has 0 atom stereocenters. The monoisotopic (exact) mass is 424 g/mol. The fourth-order valence-corrected chi connectivity index (χ4v) is 2.97. The van der Waals surface area contributed by atoms with E-state index in [0.717, 1.165) is 16.9 Å². The molecule has 0 spiro atoms. The van der Waals surface area contributed by atoms with Crippen molar-refractivity contribution < 1.29 is 23.6 Å². The number of ether oxygens (including phenoxy) is 2. The zero-order valence-electron chi connectivity index (χ0n) is 17.3. The van der Waals surface area contributed by atoms with Crippen LogP contribution in [0.25, 0.3) is 22.4 Å². The number of methoxy groups -OCH3 is 2. The third-order valence-corrected chi connectivity index (χ3v) is 4.58. The molecule has 3 rings (SSSR count). The van der Waals surface area contributed by atoms with Gasteiger partial charge in [0.15, 0.2) is 5.76 Å². The first-order valence-corrected chi connectivity index (χ1v) is 9.56. The highest BCUT2D eigenvalue weighted by Gasteiger charge is 2.21. The molecule has 0 unspecified atom stereocenters. The van der Waals surface area contributed by atoms with E-state index in [1.165, 1.54) is 0 Å². The van der Waals surface area contributed by atoms with Crippen molar-refractivity contribution in [2.75, 3.05) is 27.4 Å². The second-order valence-corrected chi connectivity index (χ2v) is 6.54. The summed E-state index contributed by atoms with van der Waals surface area (Å²) in [6.07, 6.45) is -0.0526. The van der Waals surface area contributed by atoms with Crippen LogP contribution in [0.5, 0.6) is 11.5 Å². The van der Waals surface area contributed by atoms with Crippen LogP contribution in [0.4, 0.5) is 0 Å². The van der Waals surface area contributed by atoms with Gasteiger partial charge in [-0.25, -0.2) is 0 Å². The van der Waals surface area contributed by atoms with Gasteiger partial charge in [-0.05, 0) is 42.0 Å². The van der Waals surface area contributed by atoms with Crippen molar-refractivity contribution in [1.29, 1.82) is 0 Å². The lowest BCUT2D eigenvalue weighted by Gasteiger charge is -2.08. The fourth-order valence-electron chi connectivity index (χ4n) is 2.97. The standard InChI is InChI=1S/C22H24N4O5/c1-29-16-7-3-14(4-8-16)21-18(11-19(27)24-13-25-20(28)12-23)31-26-22(21)15-5-9-17(30-2)10-6-15/h3-10H,11-13,23H2,1-2H3,(H,24,27)(H,25,28). The van der Waals surface area contributed by atoms with Crippen molar-refractivity contribution in [3.05, 3.63) is 54.3 Å². The summed E-state index contributed by atoms with van der Waals surface area (Å²) in [5.41, 5.74) is 8.18. The Bertz CT molecular complexity index is 1030. The van der Waals surface area contributed by atoms with Crippen LogP contribution in [0.3, 0.4) is 0 Å². The molecule has 2 aromatic carbocycles. The number of benzene rings is 2. The molecule has 0 radical (unpaired) electrons. The minimum atomic E-state index is -0.360. The number of hydrogen-bond acceptors (Lipinski definition) is 7. The van der Waals surface area contributed by atoms with Crippen molar-refractivity contribution in [3.8, 4) is 33.9 Å². The van der Waals surface area contributed by atoms with Crippen LogP contribution < -0.4 is 25.8 Å². The molecule has 162 valence electrons. The van der Waals surface area contributed by atoms with Crippen molar-refractivity contribution in [3.63, 3.8) is 0 Å². The van der Waals surface area contributed by atoms with E-state index in [0.29, 0.717) is 22.8 Å². The summed E-state index contributed by atoms with van der Waals surface area (Å²) in [5.74, 6) is 1.14. The first kappa shape index (κ1) is 21.8. The zero-order chi connectivity index (χ0) is 22.2. The van der Waals surface area contributed by atoms with Crippen LogP contribution in [0, 0.1) is 0 Å². The average molecular weight is 424 g/mol. The Hall–Kier alpha value is -3.85. The molecule has 0 aliphatic carbocycles. The quantitative estimate of drug-likeness (QED) is 0.446. The molecular weight excluding hydrogens is 400 g/mol. The van der Waals surface area contributed by atoms with Crippen molar-refractivity contribution in [1.82, 2.24) is 15.8 Å². The number of nitrogens with two attached hydrogens (primary N) is 1. The van der Waals surface area contributed by atoms with Crippen LogP contribution in [0.2, 0.25) is 0 Å². The Morgan fingerprint density at radius 3 is 2.00 bits per heavy atom. The van der Waals surface area contributed by atoms with E-state index in [1.54, 1.807) is 14.2 Å². The van der Waals surface area contributed by atoms with Crippen molar-refractivity contribution in [2.24, 2.45) is 5.73 Å². The van der Waals surface area contributed by atoms with E-state index < -0.39 is 0 Å². The third-order valence-electron chi connectivity index (χ3n) is 4.58. The number of amides is 2. The van der Waals surface area contributed by atoms with Gasteiger partial charge in [-0.15, -0.1) is 0 Å². The molecule has 31 heavy (non-hydrogen) atoms. The van der Waals surface area contributed by atoms with Gasteiger partial charge in [0.05, 0.1) is 39.4 Å². The van der Waals surface area contributed by atoms with E-state index in [-0.39, 0.29) is 31.4 Å². The lowest BCUT2D eigenvalue weighted by molar-refractivity contribution is -0.122. The minimum absolute atomic E-state index is 0.0216. The van der Waals surface area contributed by atoms with Gasteiger partial charge in [-0.3, -0.25) is 9.59 Å². The normalized spacial score (nSPS) is 10.4. The molecule has 3 aromatic rings. The van der Waals surface area contributed by atoms with Crippen LogP contribution in [0.1, 0.15) is 5.76 Å². The number of hydrogen-bond donors (Lipinski definition) is 3. The lowest BCUT2D eigenvalue weighted by Crippen LogP contribution is -2.40. The Kier molecular flexibility index (Phi) is 7.23. The summed E-state index contributed by atoms with van der Waals surface area (Å²) < 4.78 is 16.0. The number of rotatable bonds is 9. The number of aromatic nitrogens is 1. The number of carbonyl (C=O) groups excluding carboxylic acids is 2. The molecule has 4 N–H and O–H groups in total. The number of nitrogens with zero attached hydrogens (tertiary/aromatic N) is 1. The molecule has 2 amide bonds. The summed E-state index contributed by atoms with van der Waals surface area (Å²) in [5, 5.41) is 9.31. The van der Waals surface area contributed by atoms with Gasteiger partial charge >= 0.3 is 0 Å². The van der Waals surface area contributed by atoms with E-state index in [1.807, 2.05) is 48.5 Å². The van der Waals surface area contributed by atoms with Crippen molar-refractivity contribution >= 4 is 11.8 Å². The van der Waals surface area contributed by atoms with Crippen LogP contribution in [-0.2, 0) is 16.0 Å². The van der Waals surface area contributed by atoms with Gasteiger partial charge < -0.3 is 30.4 Å². The summed E-state index contributed by atoms with van der Waals surface area (Å²) >= 11 is 0. The van der Waals surface area contributed by atoms with E-state index in [9.17, 15) is 9.59 Å². The highest BCUT2D eigenvalue weighted by molar-refractivity contribution is 5.87. The van der Waals surface area contributed by atoms with Crippen LogP contribution in [0.15, 0.2) is 53.1 Å². The molecule has 0 aliphatic heterocycles. The number of nitrogens with one attached hydrogen (secondary N) is 2. The maximum absolute atomic E-state index is 12.4. The molecule has 0 fully saturated rings. The predicted octanol–water partition coefficient (Wildman–Crippen LogP) is 1.72. The van der Waals surface area contributed by atoms with Gasteiger partial charge in [0, 0.05) is 5.56 Å². The molecule has 9 heteroatoms. The predicted molar refractivity (Wildman–Crippen MR) is 114 cm³/mol. The van der Waals surface area contributed by atoms with Crippen LogP contribution in [-0.4, -0.2) is 44.4 Å². The van der Waals surface area contributed by atoms with Gasteiger partial charge in [0.2, 0.25) is 11.8 Å². The highest BCUT2D eigenvalue weighted by atomic mass is 16.5. The maximum Gasteiger partial charge on any atom is 0.235 e. The van der Waals surface area contributed by atoms with Gasteiger partial charge in [-0.1, -0.05) is 17.3 Å². The Balaban J connectivity index is 1.90. The summed E-state index contributed by atoms with van der Waals surface area (Å²) in [7, 11) is 3.19. The van der Waals surface area contributed by atoms with Gasteiger partial charge in [0.25, 0.3) is 0 Å². The van der Waals surface area contributed by atoms with E-state index in [4.69, 9.17) is 19.7 Å². The molecule has 9 nitrogen and oxygen atoms in total. The van der Waals surface area contributed by atoms with Crippen molar-refractivity contribution in [2.45, 2.75) is 6.42 Å². The van der Waals surface area contributed by atoms with Crippen LogP contribution >= 0.6 is 0 Å². The Morgan fingerprint density at radius 2 is 1.45 bits per heavy atom. The zero-order valence-corrected chi connectivity index (χ0v) is 17.3. The minimum Gasteiger partial charge on any atom is -0.497 e. The largest absolute Gasteiger partial charge is 0.497 e. The third kappa shape index (κ3) is 5.40. The second-order valence-electron chi connectivity index (χ2n) is 6.54. The van der Waals surface area contributed by atoms with E-state index in [2.05, 4.69) is 15.8 Å². The van der Waals surface area contributed by atoms with E-state index >= 15 is 0 Å².